The molecule has 1 aliphatic carbocycles. The summed E-state index contributed by atoms with van der Waals surface area (Å²) in [5.74, 6) is 0.526. The number of nitrogens with one attached hydrogen (secondary N) is 3. The molecule has 1 fully saturated rings. The fraction of sp³-hybridized carbons (Fsp3) is 0.263. The summed E-state index contributed by atoms with van der Waals surface area (Å²) in [6.07, 6.45) is 2.17. The van der Waals surface area contributed by atoms with Crippen LogP contribution in [0, 0.1) is 15.9 Å². The highest BCUT2D eigenvalue weighted by molar-refractivity contribution is 6.33. The lowest BCUT2D eigenvalue weighted by Gasteiger charge is -2.19. The Morgan fingerprint density at radius 1 is 1.30 bits per heavy atom. The summed E-state index contributed by atoms with van der Waals surface area (Å²) in [5, 5.41) is 34.1. The molecule has 1 atom stereocenters. The van der Waals surface area contributed by atoms with Gasteiger partial charge in [-0.05, 0) is 30.5 Å². The Hall–Kier alpha value is -3.24. The normalized spacial score (nSPS) is 14.4. The van der Waals surface area contributed by atoms with E-state index in [0.29, 0.717) is 17.3 Å². The molecule has 1 unspecified atom stereocenters. The number of hydrogen-bond acceptors (Lipinski definition) is 7. The van der Waals surface area contributed by atoms with Gasteiger partial charge in [0, 0.05) is 23.7 Å². The molecule has 3 aromatic rings. The number of nitro groups is 1. The summed E-state index contributed by atoms with van der Waals surface area (Å²) < 4.78 is 13.2. The van der Waals surface area contributed by atoms with Crippen LogP contribution in [0.25, 0.3) is 0 Å². The molecule has 9 nitrogen and oxygen atoms in total. The molecule has 156 valence electrons. The number of halogens is 2. The average molecular weight is 433 g/mol. The monoisotopic (exact) mass is 432 g/mol. The summed E-state index contributed by atoms with van der Waals surface area (Å²) >= 11 is 6.20. The fourth-order valence-corrected chi connectivity index (χ4v) is 3.23. The van der Waals surface area contributed by atoms with E-state index in [9.17, 15) is 19.6 Å². The molecule has 1 aliphatic rings. The van der Waals surface area contributed by atoms with Gasteiger partial charge in [0.05, 0.1) is 22.6 Å². The van der Waals surface area contributed by atoms with Crippen molar-refractivity contribution in [1.29, 1.82) is 0 Å². The van der Waals surface area contributed by atoms with E-state index in [-0.39, 0.29) is 29.0 Å². The largest absolute Gasteiger partial charge is 0.394 e. The van der Waals surface area contributed by atoms with E-state index in [1.165, 1.54) is 30.3 Å². The number of benzene rings is 1. The third-order valence-electron chi connectivity index (χ3n) is 4.78. The van der Waals surface area contributed by atoms with E-state index in [2.05, 4.69) is 25.8 Å². The molecule has 1 saturated carbocycles. The van der Waals surface area contributed by atoms with Crippen LogP contribution in [0.1, 0.15) is 36.1 Å². The number of aromatic amines is 1. The second kappa shape index (κ2) is 8.25. The van der Waals surface area contributed by atoms with Crippen LogP contribution in [0.5, 0.6) is 0 Å². The molecule has 0 bridgehead atoms. The lowest BCUT2D eigenvalue weighted by molar-refractivity contribution is -0.384. The molecule has 0 aliphatic heterocycles. The van der Waals surface area contributed by atoms with Crippen molar-refractivity contribution in [3.8, 4) is 0 Å². The zero-order chi connectivity index (χ0) is 21.3. The topological polar surface area (TPSA) is 129 Å². The molecular formula is C19H18ClFN6O3. The first-order valence-corrected chi connectivity index (χ1v) is 9.62. The van der Waals surface area contributed by atoms with Gasteiger partial charge in [0.2, 0.25) is 5.82 Å². The van der Waals surface area contributed by atoms with Gasteiger partial charge in [0.25, 0.3) is 0 Å². The molecule has 1 aromatic carbocycles. The van der Waals surface area contributed by atoms with Gasteiger partial charge in [-0.3, -0.25) is 15.2 Å². The van der Waals surface area contributed by atoms with Crippen LogP contribution < -0.4 is 10.6 Å². The molecule has 0 saturated heterocycles. The predicted molar refractivity (Wildman–Crippen MR) is 110 cm³/mol. The smallest absolute Gasteiger partial charge is 0.313 e. The Morgan fingerprint density at radius 2 is 2.03 bits per heavy atom. The lowest BCUT2D eigenvalue weighted by Crippen LogP contribution is -2.16. The standard InChI is InChI=1S/C19H18ClFN6O3/c20-13-7-16(27(29)30)19(23-17-8-14(25-26-17)10-1-2-10)24-18(13)22-15(9-28)11-3-5-12(21)6-4-11/h3-8,10,15,28H,1-2,9H2,(H3,22,23,24,25,26). The van der Waals surface area contributed by atoms with Crippen LogP contribution in [0.3, 0.4) is 0 Å². The van der Waals surface area contributed by atoms with Crippen molar-refractivity contribution >= 4 is 34.7 Å². The van der Waals surface area contributed by atoms with Crippen molar-refractivity contribution in [2.75, 3.05) is 17.2 Å². The third kappa shape index (κ3) is 4.34. The van der Waals surface area contributed by atoms with Crippen molar-refractivity contribution in [1.82, 2.24) is 15.2 Å². The fourth-order valence-electron chi connectivity index (χ4n) is 3.03. The SMILES string of the molecule is O=[N+]([O-])c1cc(Cl)c(NC(CO)c2ccc(F)cc2)nc1Nc1cc(C2CC2)[nH]n1. The number of nitrogens with zero attached hydrogens (tertiary/aromatic N) is 3. The maximum Gasteiger partial charge on any atom is 0.313 e. The summed E-state index contributed by atoms with van der Waals surface area (Å²) in [6, 6.07) is 7.90. The van der Waals surface area contributed by atoms with Crippen LogP contribution >= 0.6 is 11.6 Å². The van der Waals surface area contributed by atoms with Gasteiger partial charge < -0.3 is 15.7 Å². The Labute approximate surface area is 175 Å². The van der Waals surface area contributed by atoms with Gasteiger partial charge in [-0.15, -0.1) is 0 Å². The van der Waals surface area contributed by atoms with Crippen LogP contribution in [0.4, 0.5) is 27.5 Å². The van der Waals surface area contributed by atoms with E-state index in [0.717, 1.165) is 18.5 Å². The second-order valence-electron chi connectivity index (χ2n) is 6.98. The third-order valence-corrected chi connectivity index (χ3v) is 5.07. The maximum atomic E-state index is 13.2. The second-order valence-corrected chi connectivity index (χ2v) is 7.39. The predicted octanol–water partition coefficient (Wildman–Crippen LogP) is 4.27. The zero-order valence-electron chi connectivity index (χ0n) is 15.6. The first kappa shape index (κ1) is 20.0. The molecule has 4 rings (SSSR count). The van der Waals surface area contributed by atoms with Crippen LogP contribution in [-0.2, 0) is 0 Å². The van der Waals surface area contributed by atoms with Crippen molar-refractivity contribution < 1.29 is 14.4 Å². The Balaban J connectivity index is 1.62. The van der Waals surface area contributed by atoms with Gasteiger partial charge in [0.15, 0.2) is 5.82 Å². The summed E-state index contributed by atoms with van der Waals surface area (Å²) in [7, 11) is 0. The summed E-state index contributed by atoms with van der Waals surface area (Å²) in [5.41, 5.74) is 1.25. The van der Waals surface area contributed by atoms with E-state index in [4.69, 9.17) is 11.6 Å². The number of anilines is 3. The highest BCUT2D eigenvalue weighted by Gasteiger charge is 2.27. The number of pyridine rings is 1. The number of rotatable bonds is 8. The molecule has 4 N–H and O–H groups in total. The van der Waals surface area contributed by atoms with Gasteiger partial charge >= 0.3 is 5.69 Å². The highest BCUT2D eigenvalue weighted by Crippen LogP contribution is 2.40. The Morgan fingerprint density at radius 3 is 2.67 bits per heavy atom. The Kier molecular flexibility index (Phi) is 5.51. The van der Waals surface area contributed by atoms with E-state index in [1.54, 1.807) is 6.07 Å². The van der Waals surface area contributed by atoms with Gasteiger partial charge in [-0.25, -0.2) is 9.37 Å². The molecule has 0 radical (unpaired) electrons. The minimum Gasteiger partial charge on any atom is -0.394 e. The number of H-pyrrole nitrogens is 1. The number of aromatic nitrogens is 3. The molecule has 0 amide bonds. The number of aliphatic hydroxyl groups excluding tert-OH is 1. The number of aliphatic hydroxyl groups is 1. The van der Waals surface area contributed by atoms with Crippen molar-refractivity contribution in [2.45, 2.75) is 24.8 Å². The first-order valence-electron chi connectivity index (χ1n) is 9.24. The zero-order valence-corrected chi connectivity index (χ0v) is 16.4. The minimum absolute atomic E-state index is 0.00788. The number of hydrogen-bond donors (Lipinski definition) is 4. The van der Waals surface area contributed by atoms with Crippen LogP contribution in [-0.4, -0.2) is 31.8 Å². The van der Waals surface area contributed by atoms with Crippen LogP contribution in [0.15, 0.2) is 36.4 Å². The molecule has 0 spiro atoms. The van der Waals surface area contributed by atoms with Crippen LogP contribution in [0.2, 0.25) is 5.02 Å². The van der Waals surface area contributed by atoms with Gasteiger partial charge in [-0.1, -0.05) is 23.7 Å². The van der Waals surface area contributed by atoms with Crippen molar-refractivity contribution in [3.63, 3.8) is 0 Å². The lowest BCUT2D eigenvalue weighted by atomic mass is 10.1. The molecule has 2 heterocycles. The van der Waals surface area contributed by atoms with E-state index in [1.807, 2.05) is 0 Å². The minimum atomic E-state index is -0.642. The first-order chi connectivity index (χ1) is 14.4. The summed E-state index contributed by atoms with van der Waals surface area (Å²) in [6.45, 7) is -0.326. The van der Waals surface area contributed by atoms with Gasteiger partial charge in [0.1, 0.15) is 11.6 Å². The van der Waals surface area contributed by atoms with Crippen molar-refractivity contribution in [3.05, 3.63) is 68.6 Å². The molecule has 2 aromatic heterocycles. The van der Waals surface area contributed by atoms with Gasteiger partial charge in [-0.2, -0.15) is 5.10 Å². The Bertz CT molecular complexity index is 1070. The van der Waals surface area contributed by atoms with E-state index < -0.39 is 16.8 Å². The summed E-state index contributed by atoms with van der Waals surface area (Å²) in [4.78, 5) is 15.1. The quantitative estimate of drug-likeness (QED) is 0.309. The van der Waals surface area contributed by atoms with E-state index >= 15 is 0 Å². The highest BCUT2D eigenvalue weighted by atomic mass is 35.5. The maximum absolute atomic E-state index is 13.2. The molecule has 30 heavy (non-hydrogen) atoms. The molecule has 11 heteroatoms. The van der Waals surface area contributed by atoms with Crippen molar-refractivity contribution in [2.24, 2.45) is 0 Å². The molecular weight excluding hydrogens is 415 g/mol. The average Bonchev–Trinajstić information content (AvgIpc) is 3.47.